The van der Waals surface area contributed by atoms with Crippen LogP contribution in [0.2, 0.25) is 0 Å². The third-order valence-electron chi connectivity index (χ3n) is 3.89. The number of imidazole rings is 1. The SMILES string of the molecule is COc1ccc(-n2cnc3c2[C@H](c2ccsc2)SCC(=O)N3)cc1. The maximum Gasteiger partial charge on any atom is 0.235 e. The average molecular weight is 357 g/mol. The van der Waals surface area contributed by atoms with Crippen LogP contribution < -0.4 is 10.1 Å². The van der Waals surface area contributed by atoms with Gasteiger partial charge in [-0.2, -0.15) is 11.3 Å². The van der Waals surface area contributed by atoms with Crippen LogP contribution >= 0.6 is 23.1 Å². The number of nitrogens with one attached hydrogen (secondary N) is 1. The van der Waals surface area contributed by atoms with Crippen molar-refractivity contribution in [2.75, 3.05) is 18.2 Å². The molecule has 0 unspecified atom stereocenters. The molecule has 1 amide bonds. The number of hydrogen-bond donors (Lipinski definition) is 1. The van der Waals surface area contributed by atoms with Crippen molar-refractivity contribution in [3.63, 3.8) is 0 Å². The molecular formula is C17H15N3O2S2. The predicted octanol–water partition coefficient (Wildman–Crippen LogP) is 3.72. The van der Waals surface area contributed by atoms with E-state index >= 15 is 0 Å². The number of benzene rings is 1. The van der Waals surface area contributed by atoms with Gasteiger partial charge in [-0.15, -0.1) is 11.8 Å². The second-order valence-corrected chi connectivity index (χ2v) is 7.22. The first kappa shape index (κ1) is 15.3. The van der Waals surface area contributed by atoms with Gasteiger partial charge in [0.1, 0.15) is 12.1 Å². The topological polar surface area (TPSA) is 56.2 Å². The van der Waals surface area contributed by atoms with E-state index in [0.717, 1.165) is 17.1 Å². The highest BCUT2D eigenvalue weighted by Gasteiger charge is 2.29. The average Bonchev–Trinajstić information content (AvgIpc) is 3.24. The molecule has 2 aromatic heterocycles. The number of ether oxygens (including phenoxy) is 1. The van der Waals surface area contributed by atoms with Crippen LogP contribution in [0, 0.1) is 0 Å². The summed E-state index contributed by atoms with van der Waals surface area (Å²) in [6.45, 7) is 0. The van der Waals surface area contributed by atoms with E-state index in [-0.39, 0.29) is 11.2 Å². The number of amides is 1. The zero-order valence-electron chi connectivity index (χ0n) is 12.9. The van der Waals surface area contributed by atoms with Crippen molar-refractivity contribution in [2.24, 2.45) is 0 Å². The molecule has 0 radical (unpaired) electrons. The van der Waals surface area contributed by atoms with Gasteiger partial charge in [0, 0.05) is 5.69 Å². The van der Waals surface area contributed by atoms with Crippen LogP contribution in [-0.4, -0.2) is 28.3 Å². The Morgan fingerprint density at radius 2 is 2.12 bits per heavy atom. The summed E-state index contributed by atoms with van der Waals surface area (Å²) < 4.78 is 7.27. The number of anilines is 1. The number of rotatable bonds is 3. The van der Waals surface area contributed by atoms with Crippen LogP contribution in [-0.2, 0) is 4.79 Å². The standard InChI is InChI=1S/C17H15N3O2S2/c1-22-13-4-2-12(3-5-13)20-10-18-17-15(20)16(11-6-7-23-8-11)24-9-14(21)19-17/h2-8,10,16H,9H2,1H3,(H,19,21)/t16-/m0/s1. The first-order chi connectivity index (χ1) is 11.8. The summed E-state index contributed by atoms with van der Waals surface area (Å²) >= 11 is 3.28. The number of fused-ring (bicyclic) bond motifs is 1. The number of nitrogens with zero attached hydrogens (tertiary/aromatic N) is 2. The Balaban J connectivity index is 1.84. The monoisotopic (exact) mass is 357 g/mol. The smallest absolute Gasteiger partial charge is 0.235 e. The lowest BCUT2D eigenvalue weighted by atomic mass is 10.1. The molecule has 4 rings (SSSR count). The van der Waals surface area contributed by atoms with Crippen molar-refractivity contribution >= 4 is 34.8 Å². The summed E-state index contributed by atoms with van der Waals surface area (Å²) in [4.78, 5) is 16.4. The Hall–Kier alpha value is -2.25. The van der Waals surface area contributed by atoms with E-state index < -0.39 is 0 Å². The van der Waals surface area contributed by atoms with Crippen LogP contribution in [0.4, 0.5) is 5.82 Å². The molecule has 1 aliphatic heterocycles. The molecule has 0 bridgehead atoms. The highest BCUT2D eigenvalue weighted by molar-refractivity contribution is 8.00. The number of thioether (sulfide) groups is 1. The van der Waals surface area contributed by atoms with Gasteiger partial charge >= 0.3 is 0 Å². The molecule has 1 aliphatic rings. The second kappa shape index (κ2) is 6.33. The number of carbonyl (C=O) groups excluding carboxylic acids is 1. The van der Waals surface area contributed by atoms with E-state index in [9.17, 15) is 4.79 Å². The molecule has 7 heteroatoms. The van der Waals surface area contributed by atoms with E-state index in [1.807, 2.05) is 28.8 Å². The molecule has 24 heavy (non-hydrogen) atoms. The lowest BCUT2D eigenvalue weighted by molar-refractivity contribution is -0.113. The minimum Gasteiger partial charge on any atom is -0.497 e. The predicted molar refractivity (Wildman–Crippen MR) is 97.4 cm³/mol. The largest absolute Gasteiger partial charge is 0.497 e. The van der Waals surface area contributed by atoms with E-state index in [2.05, 4.69) is 27.1 Å². The molecule has 3 heterocycles. The zero-order chi connectivity index (χ0) is 16.5. The molecule has 0 saturated carbocycles. The first-order valence-electron chi connectivity index (χ1n) is 7.41. The summed E-state index contributed by atoms with van der Waals surface area (Å²) in [5, 5.41) is 7.17. The molecule has 3 aromatic rings. The highest BCUT2D eigenvalue weighted by atomic mass is 32.2. The van der Waals surface area contributed by atoms with Gasteiger partial charge in [-0.05, 0) is 46.7 Å². The second-order valence-electron chi connectivity index (χ2n) is 5.34. The van der Waals surface area contributed by atoms with Gasteiger partial charge in [0.25, 0.3) is 0 Å². The molecule has 1 N–H and O–H groups in total. The van der Waals surface area contributed by atoms with E-state index in [1.54, 1.807) is 36.5 Å². The number of hydrogen-bond acceptors (Lipinski definition) is 5. The third kappa shape index (κ3) is 2.70. The van der Waals surface area contributed by atoms with Gasteiger partial charge in [-0.25, -0.2) is 4.98 Å². The van der Waals surface area contributed by atoms with Gasteiger partial charge in [0.2, 0.25) is 5.91 Å². The Labute approximate surface area is 147 Å². The van der Waals surface area contributed by atoms with Crippen LogP contribution in [0.15, 0.2) is 47.4 Å². The van der Waals surface area contributed by atoms with Gasteiger partial charge < -0.3 is 10.1 Å². The molecule has 1 aromatic carbocycles. The minimum atomic E-state index is -0.0149. The van der Waals surface area contributed by atoms with Crippen molar-refractivity contribution in [2.45, 2.75) is 5.25 Å². The summed E-state index contributed by atoms with van der Waals surface area (Å²) in [5.74, 6) is 1.84. The Morgan fingerprint density at radius 1 is 1.29 bits per heavy atom. The molecule has 1 atom stereocenters. The van der Waals surface area contributed by atoms with Crippen molar-refractivity contribution in [3.05, 3.63) is 58.7 Å². The molecule has 0 fully saturated rings. The Kier molecular flexibility index (Phi) is 4.03. The van der Waals surface area contributed by atoms with Crippen LogP contribution in [0.3, 0.4) is 0 Å². The quantitative estimate of drug-likeness (QED) is 0.776. The van der Waals surface area contributed by atoms with Crippen molar-refractivity contribution in [1.29, 1.82) is 0 Å². The Bertz CT molecular complexity index is 857. The van der Waals surface area contributed by atoms with Crippen molar-refractivity contribution in [1.82, 2.24) is 9.55 Å². The van der Waals surface area contributed by atoms with Crippen molar-refractivity contribution in [3.8, 4) is 11.4 Å². The van der Waals surface area contributed by atoms with Crippen LogP contribution in [0.5, 0.6) is 5.75 Å². The third-order valence-corrected chi connectivity index (χ3v) is 5.85. The van der Waals surface area contributed by atoms with Gasteiger partial charge in [-0.3, -0.25) is 9.36 Å². The molecular weight excluding hydrogens is 342 g/mol. The fourth-order valence-corrected chi connectivity index (χ4v) is 4.62. The number of methoxy groups -OCH3 is 1. The zero-order valence-corrected chi connectivity index (χ0v) is 14.6. The van der Waals surface area contributed by atoms with Gasteiger partial charge in [-0.1, -0.05) is 0 Å². The fourth-order valence-electron chi connectivity index (χ4n) is 2.74. The lowest BCUT2D eigenvalue weighted by Crippen LogP contribution is -2.12. The van der Waals surface area contributed by atoms with Gasteiger partial charge in [0.05, 0.1) is 23.8 Å². The van der Waals surface area contributed by atoms with Crippen molar-refractivity contribution < 1.29 is 9.53 Å². The summed E-state index contributed by atoms with van der Waals surface area (Å²) in [5.41, 5.74) is 3.17. The summed E-state index contributed by atoms with van der Waals surface area (Å²) in [7, 11) is 1.65. The van der Waals surface area contributed by atoms with Gasteiger partial charge in [0.15, 0.2) is 5.82 Å². The molecule has 122 valence electrons. The van der Waals surface area contributed by atoms with E-state index in [4.69, 9.17) is 4.74 Å². The van der Waals surface area contributed by atoms with E-state index in [1.165, 1.54) is 5.56 Å². The highest BCUT2D eigenvalue weighted by Crippen LogP contribution is 2.42. The minimum absolute atomic E-state index is 0.0149. The summed E-state index contributed by atoms with van der Waals surface area (Å²) in [6.07, 6.45) is 1.76. The number of aromatic nitrogens is 2. The maximum absolute atomic E-state index is 12.0. The van der Waals surface area contributed by atoms with Crippen LogP contribution in [0.1, 0.15) is 16.5 Å². The molecule has 0 aliphatic carbocycles. The summed E-state index contributed by atoms with van der Waals surface area (Å²) in [6, 6.07) is 9.92. The Morgan fingerprint density at radius 3 is 2.83 bits per heavy atom. The maximum atomic E-state index is 12.0. The van der Waals surface area contributed by atoms with Crippen LogP contribution in [0.25, 0.3) is 5.69 Å². The lowest BCUT2D eigenvalue weighted by Gasteiger charge is -2.17. The van der Waals surface area contributed by atoms with E-state index in [0.29, 0.717) is 11.6 Å². The molecule has 0 saturated heterocycles. The molecule has 0 spiro atoms. The first-order valence-corrected chi connectivity index (χ1v) is 9.40. The fraction of sp³-hybridized carbons (Fsp3) is 0.176. The number of thiophene rings is 1. The normalized spacial score (nSPS) is 17.0. The molecule has 5 nitrogen and oxygen atoms in total. The number of carbonyl (C=O) groups is 1.